The molecule has 3 aromatic rings. The number of sulfonamides is 1. The Morgan fingerprint density at radius 3 is 2.61 bits per heavy atom. The van der Waals surface area contributed by atoms with E-state index in [0.717, 1.165) is 16.5 Å². The molecule has 2 heterocycles. The third-order valence-electron chi connectivity index (χ3n) is 5.27. The summed E-state index contributed by atoms with van der Waals surface area (Å²) in [7, 11) is -3.55. The van der Waals surface area contributed by atoms with Crippen LogP contribution < -0.4 is 0 Å². The van der Waals surface area contributed by atoms with E-state index in [2.05, 4.69) is 4.98 Å². The van der Waals surface area contributed by atoms with E-state index in [-0.39, 0.29) is 11.5 Å². The van der Waals surface area contributed by atoms with E-state index < -0.39 is 16.0 Å². The molecule has 0 atom stereocenters. The average Bonchev–Trinajstić information content (AvgIpc) is 2.82. The first kappa shape index (κ1) is 23.4. The second-order valence-corrected chi connectivity index (χ2v) is 9.96. The lowest BCUT2D eigenvalue weighted by Gasteiger charge is -2.26. The summed E-state index contributed by atoms with van der Waals surface area (Å²) in [5.41, 5.74) is 3.16. The maximum absolute atomic E-state index is 12.7. The van der Waals surface area contributed by atoms with Gasteiger partial charge in [-0.25, -0.2) is 18.2 Å². The largest absolute Gasteiger partial charge is 0.458 e. The molecule has 0 amide bonds. The predicted molar refractivity (Wildman–Crippen MR) is 126 cm³/mol. The Kier molecular flexibility index (Phi) is 7.09. The van der Waals surface area contributed by atoms with Crippen molar-refractivity contribution in [3.8, 4) is 0 Å². The van der Waals surface area contributed by atoms with Crippen molar-refractivity contribution in [2.24, 2.45) is 0 Å². The summed E-state index contributed by atoms with van der Waals surface area (Å²) < 4.78 is 37.3. The summed E-state index contributed by atoms with van der Waals surface area (Å²) in [6, 6.07) is 14.1. The van der Waals surface area contributed by atoms with Crippen molar-refractivity contribution in [3.05, 3.63) is 76.5 Å². The summed E-state index contributed by atoms with van der Waals surface area (Å²) in [4.78, 5) is 16.7. The molecule has 172 valence electrons. The molecular weight excluding hydrogens is 464 g/mol. The second-order valence-electron chi connectivity index (χ2n) is 7.66. The number of aromatic nitrogens is 1. The summed E-state index contributed by atoms with van der Waals surface area (Å²) in [6.07, 6.45) is 2.85. The van der Waals surface area contributed by atoms with Gasteiger partial charge in [0.2, 0.25) is 10.0 Å². The number of rotatable bonds is 6. The van der Waals surface area contributed by atoms with Crippen molar-refractivity contribution in [1.29, 1.82) is 0 Å². The average molecular weight is 487 g/mol. The summed E-state index contributed by atoms with van der Waals surface area (Å²) in [5.74, 6) is -0.542. The van der Waals surface area contributed by atoms with Crippen molar-refractivity contribution < 1.29 is 22.7 Å². The minimum absolute atomic E-state index is 0.00441. The van der Waals surface area contributed by atoms with Crippen LogP contribution >= 0.6 is 11.6 Å². The first-order valence-electron chi connectivity index (χ1n) is 10.4. The van der Waals surface area contributed by atoms with Gasteiger partial charge in [0.1, 0.15) is 11.8 Å². The number of hydrogen-bond acceptors (Lipinski definition) is 6. The SMILES string of the molecule is Cc1ccc2cc(COC(=O)/C=C/c3ccc(S(=O)(=O)N4CCOCC4)cc3)c(Cl)nc2c1. The molecule has 1 aliphatic heterocycles. The fourth-order valence-corrected chi connectivity index (χ4v) is 5.05. The van der Waals surface area contributed by atoms with Crippen LogP contribution in [0.2, 0.25) is 5.15 Å². The molecule has 9 heteroatoms. The van der Waals surface area contributed by atoms with Gasteiger partial charge in [-0.1, -0.05) is 35.9 Å². The van der Waals surface area contributed by atoms with Gasteiger partial charge in [0.05, 0.1) is 23.6 Å². The van der Waals surface area contributed by atoms with Crippen molar-refractivity contribution in [3.63, 3.8) is 0 Å². The van der Waals surface area contributed by atoms with Gasteiger partial charge in [0.25, 0.3) is 0 Å². The molecule has 0 aliphatic carbocycles. The van der Waals surface area contributed by atoms with Crippen molar-refractivity contribution >= 4 is 44.6 Å². The molecule has 0 unspecified atom stereocenters. The number of carbonyl (C=O) groups is 1. The maximum Gasteiger partial charge on any atom is 0.331 e. The van der Waals surface area contributed by atoms with E-state index in [1.165, 1.54) is 22.5 Å². The highest BCUT2D eigenvalue weighted by Gasteiger charge is 2.25. The molecule has 0 radical (unpaired) electrons. The van der Waals surface area contributed by atoms with Crippen LogP contribution in [0.3, 0.4) is 0 Å². The lowest BCUT2D eigenvalue weighted by molar-refractivity contribution is -0.138. The Morgan fingerprint density at radius 1 is 1.15 bits per heavy atom. The highest BCUT2D eigenvalue weighted by molar-refractivity contribution is 7.89. The van der Waals surface area contributed by atoms with Gasteiger partial charge in [-0.15, -0.1) is 0 Å². The molecule has 4 rings (SSSR count). The molecule has 33 heavy (non-hydrogen) atoms. The van der Waals surface area contributed by atoms with Crippen molar-refractivity contribution in [1.82, 2.24) is 9.29 Å². The standard InChI is InChI=1S/C24H23ClN2O5S/c1-17-2-6-19-15-20(24(25)26-22(19)14-17)16-32-23(28)9-5-18-3-7-21(8-4-18)33(29,30)27-10-12-31-13-11-27/h2-9,14-15H,10-13,16H2,1H3/b9-5+. The Labute approximate surface area is 197 Å². The van der Waals surface area contributed by atoms with Crippen LogP contribution in [0.25, 0.3) is 17.0 Å². The smallest absolute Gasteiger partial charge is 0.331 e. The maximum atomic E-state index is 12.7. The molecule has 0 saturated carbocycles. The van der Waals surface area contributed by atoms with Gasteiger partial charge in [0, 0.05) is 30.1 Å². The second kappa shape index (κ2) is 10.0. The van der Waals surface area contributed by atoms with Crippen molar-refractivity contribution in [2.75, 3.05) is 26.3 Å². The number of nitrogens with zero attached hydrogens (tertiary/aromatic N) is 2. The molecule has 0 N–H and O–H groups in total. The van der Waals surface area contributed by atoms with Gasteiger partial charge in [-0.3, -0.25) is 0 Å². The zero-order valence-corrected chi connectivity index (χ0v) is 19.6. The number of carbonyl (C=O) groups excluding carboxylic acids is 1. The summed E-state index contributed by atoms with van der Waals surface area (Å²) in [6.45, 7) is 3.44. The lowest BCUT2D eigenvalue weighted by atomic mass is 10.1. The Morgan fingerprint density at radius 2 is 1.88 bits per heavy atom. The monoisotopic (exact) mass is 486 g/mol. The van der Waals surface area contributed by atoms with Gasteiger partial charge in [-0.2, -0.15) is 4.31 Å². The third kappa shape index (κ3) is 5.59. The molecule has 0 spiro atoms. The fourth-order valence-electron chi connectivity index (χ4n) is 3.45. The van der Waals surface area contributed by atoms with Gasteiger partial charge in [0.15, 0.2) is 0 Å². The van der Waals surface area contributed by atoms with Crippen LogP contribution in [-0.4, -0.2) is 50.0 Å². The van der Waals surface area contributed by atoms with Gasteiger partial charge >= 0.3 is 5.97 Å². The highest BCUT2D eigenvalue weighted by Crippen LogP contribution is 2.22. The van der Waals surface area contributed by atoms with Crippen LogP contribution in [0.15, 0.2) is 59.5 Å². The van der Waals surface area contributed by atoms with Crippen LogP contribution in [0.5, 0.6) is 0 Å². The number of esters is 1. The quantitative estimate of drug-likeness (QED) is 0.297. The number of ether oxygens (including phenoxy) is 2. The van der Waals surface area contributed by atoms with Crippen LogP contribution in [-0.2, 0) is 30.9 Å². The Bertz CT molecular complexity index is 1300. The lowest BCUT2D eigenvalue weighted by Crippen LogP contribution is -2.40. The first-order chi connectivity index (χ1) is 15.8. The fraction of sp³-hybridized carbons (Fsp3) is 0.250. The third-order valence-corrected chi connectivity index (χ3v) is 7.51. The first-order valence-corrected chi connectivity index (χ1v) is 12.2. The normalized spacial score (nSPS) is 15.2. The van der Waals surface area contributed by atoms with Crippen LogP contribution in [0.1, 0.15) is 16.7 Å². The Hall–Kier alpha value is -2.78. The van der Waals surface area contributed by atoms with E-state index in [9.17, 15) is 13.2 Å². The molecular formula is C24H23ClN2O5S. The number of aryl methyl sites for hydroxylation is 1. The number of benzene rings is 2. The molecule has 0 bridgehead atoms. The molecule has 1 aliphatic rings. The molecule has 1 fully saturated rings. The van der Waals surface area contributed by atoms with Crippen molar-refractivity contribution in [2.45, 2.75) is 18.4 Å². The van der Waals surface area contributed by atoms with Gasteiger partial charge in [-0.05, 0) is 48.4 Å². The number of hydrogen-bond donors (Lipinski definition) is 0. The zero-order valence-electron chi connectivity index (χ0n) is 18.0. The minimum Gasteiger partial charge on any atom is -0.458 e. The van der Waals surface area contributed by atoms with E-state index in [1.807, 2.05) is 31.2 Å². The summed E-state index contributed by atoms with van der Waals surface area (Å²) in [5, 5.41) is 1.21. The topological polar surface area (TPSA) is 85.8 Å². The summed E-state index contributed by atoms with van der Waals surface area (Å²) >= 11 is 6.24. The molecule has 7 nitrogen and oxygen atoms in total. The number of halogens is 1. The van der Waals surface area contributed by atoms with E-state index >= 15 is 0 Å². The number of fused-ring (bicyclic) bond motifs is 1. The highest BCUT2D eigenvalue weighted by atomic mass is 35.5. The van der Waals surface area contributed by atoms with E-state index in [1.54, 1.807) is 18.2 Å². The molecule has 1 saturated heterocycles. The minimum atomic E-state index is -3.55. The Balaban J connectivity index is 1.37. The van der Waals surface area contributed by atoms with E-state index in [4.69, 9.17) is 21.1 Å². The molecule has 2 aromatic carbocycles. The van der Waals surface area contributed by atoms with Crippen LogP contribution in [0.4, 0.5) is 0 Å². The zero-order chi connectivity index (χ0) is 23.4. The predicted octanol–water partition coefficient (Wildman–Crippen LogP) is 3.97. The molecule has 1 aromatic heterocycles. The number of morpholine rings is 1. The van der Waals surface area contributed by atoms with Gasteiger partial charge < -0.3 is 9.47 Å². The van der Waals surface area contributed by atoms with E-state index in [0.29, 0.717) is 42.6 Å². The number of pyridine rings is 1. The van der Waals surface area contributed by atoms with Crippen LogP contribution in [0, 0.1) is 6.92 Å².